The molecule has 0 saturated carbocycles. The second kappa shape index (κ2) is 7.13. The molecule has 0 spiro atoms. The summed E-state index contributed by atoms with van der Waals surface area (Å²) in [6, 6.07) is 0.520. The van der Waals surface area contributed by atoms with Gasteiger partial charge in [-0.1, -0.05) is 0 Å². The summed E-state index contributed by atoms with van der Waals surface area (Å²) < 4.78 is 1.66. The van der Waals surface area contributed by atoms with E-state index in [-0.39, 0.29) is 5.91 Å². The first kappa shape index (κ1) is 15.5. The number of nitrogens with one attached hydrogen (secondary N) is 1. The number of carbonyl (C=O) groups excluding carboxylic acids is 1. The molecule has 0 radical (unpaired) electrons. The van der Waals surface area contributed by atoms with E-state index in [4.69, 9.17) is 5.73 Å². The summed E-state index contributed by atoms with van der Waals surface area (Å²) >= 11 is 0. The van der Waals surface area contributed by atoms with Crippen LogP contribution < -0.4 is 11.1 Å². The molecule has 1 aromatic heterocycles. The maximum Gasteiger partial charge on any atom is 0.273 e. The molecule has 1 rings (SSSR count). The predicted octanol–water partition coefficient (Wildman–Crippen LogP) is 0.945. The highest BCUT2D eigenvalue weighted by atomic mass is 16.1. The number of carbonyl (C=O) groups is 1. The molecule has 3 N–H and O–H groups in total. The number of hydrogen-bond acceptors (Lipinski definition) is 4. The molecule has 1 amide bonds. The number of aromatic nitrogens is 2. The van der Waals surface area contributed by atoms with E-state index in [0.717, 1.165) is 13.0 Å². The standard InChI is InChI=1S/C13H25N5O/c1-5-18-9-11(14)12(16-18)13(19)15-7-6-8-17(4)10(2)3/h9-10H,5-8,14H2,1-4H3,(H,15,19). The third-order valence-corrected chi connectivity index (χ3v) is 3.18. The molecule has 0 aromatic carbocycles. The topological polar surface area (TPSA) is 76.2 Å². The van der Waals surface area contributed by atoms with Gasteiger partial charge in [-0.3, -0.25) is 9.48 Å². The molecule has 0 unspecified atom stereocenters. The van der Waals surface area contributed by atoms with E-state index in [1.165, 1.54) is 0 Å². The average Bonchev–Trinajstić information content (AvgIpc) is 2.75. The van der Waals surface area contributed by atoms with Crippen molar-refractivity contribution >= 4 is 11.6 Å². The molecule has 6 heteroatoms. The lowest BCUT2D eigenvalue weighted by Gasteiger charge is -2.20. The van der Waals surface area contributed by atoms with Crippen molar-refractivity contribution in [2.24, 2.45) is 0 Å². The van der Waals surface area contributed by atoms with Crippen molar-refractivity contribution in [2.75, 3.05) is 25.9 Å². The maximum atomic E-state index is 11.9. The number of nitrogens with zero attached hydrogens (tertiary/aromatic N) is 3. The Hall–Kier alpha value is -1.56. The van der Waals surface area contributed by atoms with Crippen molar-refractivity contribution in [3.8, 4) is 0 Å². The predicted molar refractivity (Wildman–Crippen MR) is 77.0 cm³/mol. The zero-order chi connectivity index (χ0) is 14.4. The van der Waals surface area contributed by atoms with Gasteiger partial charge in [0.1, 0.15) is 0 Å². The zero-order valence-corrected chi connectivity index (χ0v) is 12.3. The van der Waals surface area contributed by atoms with Gasteiger partial charge in [-0.05, 0) is 40.8 Å². The Morgan fingerprint density at radius 1 is 1.58 bits per heavy atom. The minimum Gasteiger partial charge on any atom is -0.396 e. The van der Waals surface area contributed by atoms with Crippen molar-refractivity contribution in [3.05, 3.63) is 11.9 Å². The smallest absolute Gasteiger partial charge is 0.273 e. The second-order valence-corrected chi connectivity index (χ2v) is 4.97. The van der Waals surface area contributed by atoms with Crippen LogP contribution in [0.15, 0.2) is 6.20 Å². The largest absolute Gasteiger partial charge is 0.396 e. The molecule has 108 valence electrons. The molecule has 19 heavy (non-hydrogen) atoms. The summed E-state index contributed by atoms with van der Waals surface area (Å²) in [5.74, 6) is -0.197. The van der Waals surface area contributed by atoms with E-state index in [2.05, 4.69) is 36.2 Å². The van der Waals surface area contributed by atoms with E-state index in [0.29, 0.717) is 30.5 Å². The van der Waals surface area contributed by atoms with Gasteiger partial charge in [0.25, 0.3) is 5.91 Å². The molecule has 0 aliphatic rings. The summed E-state index contributed by atoms with van der Waals surface area (Å²) in [6.07, 6.45) is 2.59. The van der Waals surface area contributed by atoms with E-state index >= 15 is 0 Å². The van der Waals surface area contributed by atoms with Crippen LogP contribution in [0.4, 0.5) is 5.69 Å². The molecular formula is C13H25N5O. The van der Waals surface area contributed by atoms with E-state index in [1.54, 1.807) is 10.9 Å². The van der Waals surface area contributed by atoms with Crippen LogP contribution in [0.2, 0.25) is 0 Å². The normalized spacial score (nSPS) is 11.3. The minimum absolute atomic E-state index is 0.197. The Bertz CT molecular complexity index is 413. The Morgan fingerprint density at radius 3 is 2.79 bits per heavy atom. The molecule has 6 nitrogen and oxygen atoms in total. The first-order valence-electron chi connectivity index (χ1n) is 6.77. The van der Waals surface area contributed by atoms with Crippen molar-refractivity contribution in [1.29, 1.82) is 0 Å². The monoisotopic (exact) mass is 267 g/mol. The van der Waals surface area contributed by atoms with Gasteiger partial charge < -0.3 is 16.0 Å². The van der Waals surface area contributed by atoms with Crippen LogP contribution in [0.5, 0.6) is 0 Å². The van der Waals surface area contributed by atoms with Gasteiger partial charge in [0.2, 0.25) is 0 Å². The molecule has 0 atom stereocenters. The Balaban J connectivity index is 2.37. The van der Waals surface area contributed by atoms with Crippen LogP contribution in [0.3, 0.4) is 0 Å². The first-order valence-corrected chi connectivity index (χ1v) is 6.77. The van der Waals surface area contributed by atoms with Crippen LogP contribution >= 0.6 is 0 Å². The Morgan fingerprint density at radius 2 is 2.26 bits per heavy atom. The van der Waals surface area contributed by atoms with Crippen molar-refractivity contribution in [3.63, 3.8) is 0 Å². The van der Waals surface area contributed by atoms with Gasteiger partial charge >= 0.3 is 0 Å². The summed E-state index contributed by atoms with van der Waals surface area (Å²) in [4.78, 5) is 14.1. The number of hydrogen-bond donors (Lipinski definition) is 2. The summed E-state index contributed by atoms with van der Waals surface area (Å²) in [6.45, 7) is 8.55. The summed E-state index contributed by atoms with van der Waals surface area (Å²) in [7, 11) is 2.08. The maximum absolute atomic E-state index is 11.9. The molecule has 1 heterocycles. The molecule has 1 aromatic rings. The number of aryl methyl sites for hydroxylation is 1. The zero-order valence-electron chi connectivity index (χ0n) is 12.3. The molecular weight excluding hydrogens is 242 g/mol. The molecule has 0 aliphatic carbocycles. The van der Waals surface area contributed by atoms with E-state index < -0.39 is 0 Å². The van der Waals surface area contributed by atoms with Crippen LogP contribution in [0, 0.1) is 0 Å². The summed E-state index contributed by atoms with van der Waals surface area (Å²) in [5.41, 5.74) is 6.51. The van der Waals surface area contributed by atoms with Gasteiger partial charge in [0.05, 0.1) is 5.69 Å². The third kappa shape index (κ3) is 4.55. The third-order valence-electron chi connectivity index (χ3n) is 3.18. The average molecular weight is 267 g/mol. The van der Waals surface area contributed by atoms with Crippen LogP contribution in [-0.4, -0.2) is 46.8 Å². The number of anilines is 1. The van der Waals surface area contributed by atoms with Crippen LogP contribution in [0.25, 0.3) is 0 Å². The Kier molecular flexibility index (Phi) is 5.82. The van der Waals surface area contributed by atoms with E-state index in [9.17, 15) is 4.79 Å². The van der Waals surface area contributed by atoms with Crippen molar-refractivity contribution in [2.45, 2.75) is 39.8 Å². The lowest BCUT2D eigenvalue weighted by Crippen LogP contribution is -2.31. The quantitative estimate of drug-likeness (QED) is 0.721. The highest BCUT2D eigenvalue weighted by molar-refractivity contribution is 5.96. The fourth-order valence-corrected chi connectivity index (χ4v) is 1.65. The summed E-state index contributed by atoms with van der Waals surface area (Å²) in [5, 5.41) is 6.99. The number of amides is 1. The fraction of sp³-hybridized carbons (Fsp3) is 0.692. The van der Waals surface area contributed by atoms with Crippen molar-refractivity contribution in [1.82, 2.24) is 20.0 Å². The van der Waals surface area contributed by atoms with Crippen LogP contribution in [-0.2, 0) is 6.54 Å². The lowest BCUT2D eigenvalue weighted by atomic mass is 10.3. The van der Waals surface area contributed by atoms with Gasteiger partial charge in [-0.2, -0.15) is 5.10 Å². The minimum atomic E-state index is -0.197. The molecule has 0 aliphatic heterocycles. The lowest BCUT2D eigenvalue weighted by molar-refractivity contribution is 0.0946. The van der Waals surface area contributed by atoms with Gasteiger partial charge in [0.15, 0.2) is 5.69 Å². The Labute approximate surface area is 114 Å². The van der Waals surface area contributed by atoms with Crippen LogP contribution in [0.1, 0.15) is 37.7 Å². The number of nitrogen functional groups attached to an aromatic ring is 1. The highest BCUT2D eigenvalue weighted by Crippen LogP contribution is 2.08. The highest BCUT2D eigenvalue weighted by Gasteiger charge is 2.13. The van der Waals surface area contributed by atoms with Crippen molar-refractivity contribution < 1.29 is 4.79 Å². The number of rotatable bonds is 7. The SMILES string of the molecule is CCn1cc(N)c(C(=O)NCCCN(C)C(C)C)n1. The van der Waals surface area contributed by atoms with E-state index in [1.807, 2.05) is 6.92 Å². The molecule has 0 saturated heterocycles. The molecule has 0 bridgehead atoms. The number of nitrogens with two attached hydrogens (primary N) is 1. The first-order chi connectivity index (χ1) is 8.95. The van der Waals surface area contributed by atoms with Gasteiger partial charge in [-0.15, -0.1) is 0 Å². The fourth-order valence-electron chi connectivity index (χ4n) is 1.65. The molecule has 0 fully saturated rings. The van der Waals surface area contributed by atoms with Gasteiger partial charge in [0, 0.05) is 25.3 Å². The second-order valence-electron chi connectivity index (χ2n) is 4.97. The van der Waals surface area contributed by atoms with Gasteiger partial charge in [-0.25, -0.2) is 0 Å².